The highest BCUT2D eigenvalue weighted by molar-refractivity contribution is 6.17. The van der Waals surface area contributed by atoms with Gasteiger partial charge in [0.05, 0.1) is 17.4 Å². The number of rotatable bonds is 8. The molecule has 212 valence electrons. The summed E-state index contributed by atoms with van der Waals surface area (Å²) in [7, 11) is 0. The molecule has 0 radical (unpaired) electrons. The standard InChI is InChI=1S/C30H22F4N6O2/c31-19-2-4-20(5-3-19)37-27(41)30(10-11-30)28(42)38-21-6-8-25(23(32)14-21)39-24-9-12-35-26-13-17(1-7-22(24)26)18-15-36-40(16-18)29(33)34/h1-9,12-16,29H,10-11H2,(H,35,39)(H,37,41)(H,38,42). The molecule has 0 unspecified atom stereocenters. The first-order valence-electron chi connectivity index (χ1n) is 12.9. The summed E-state index contributed by atoms with van der Waals surface area (Å²) in [5.41, 5.74) is 1.65. The molecule has 8 nitrogen and oxygen atoms in total. The van der Waals surface area contributed by atoms with Crippen molar-refractivity contribution in [1.82, 2.24) is 14.8 Å². The molecule has 0 saturated heterocycles. The minimum Gasteiger partial charge on any atom is -0.353 e. The van der Waals surface area contributed by atoms with Gasteiger partial charge in [0.2, 0.25) is 11.8 Å². The molecule has 0 atom stereocenters. The molecule has 1 aliphatic rings. The number of hydrogen-bond donors (Lipinski definition) is 3. The number of benzene rings is 3. The van der Waals surface area contributed by atoms with E-state index < -0.39 is 35.4 Å². The van der Waals surface area contributed by atoms with Crippen LogP contribution in [-0.2, 0) is 9.59 Å². The molecule has 1 aliphatic carbocycles. The SMILES string of the molecule is O=C(Nc1ccc(F)cc1)C1(C(=O)Nc2ccc(Nc3ccnc4cc(-c5cnn(C(F)F)c5)ccc34)c(F)c2)CC1. The highest BCUT2D eigenvalue weighted by Crippen LogP contribution is 2.47. The van der Waals surface area contributed by atoms with Crippen molar-refractivity contribution in [3.05, 3.63) is 97.0 Å². The van der Waals surface area contributed by atoms with Crippen molar-refractivity contribution in [3.63, 3.8) is 0 Å². The lowest BCUT2D eigenvalue weighted by Crippen LogP contribution is -2.35. The van der Waals surface area contributed by atoms with E-state index in [2.05, 4.69) is 26.0 Å². The van der Waals surface area contributed by atoms with E-state index in [-0.39, 0.29) is 11.4 Å². The van der Waals surface area contributed by atoms with Crippen LogP contribution in [0.1, 0.15) is 19.4 Å². The van der Waals surface area contributed by atoms with E-state index in [1.807, 2.05) is 0 Å². The van der Waals surface area contributed by atoms with Crippen LogP contribution < -0.4 is 16.0 Å². The number of halogens is 4. The minimum absolute atomic E-state index is 0.137. The van der Waals surface area contributed by atoms with E-state index in [1.54, 1.807) is 24.3 Å². The third kappa shape index (κ3) is 5.26. The van der Waals surface area contributed by atoms with Crippen LogP contribution >= 0.6 is 0 Å². The maximum atomic E-state index is 15.1. The molecule has 1 fully saturated rings. The number of alkyl halides is 2. The number of nitrogens with zero attached hydrogens (tertiary/aromatic N) is 3. The maximum absolute atomic E-state index is 15.1. The summed E-state index contributed by atoms with van der Waals surface area (Å²) in [5.74, 6) is -2.16. The highest BCUT2D eigenvalue weighted by atomic mass is 19.3. The van der Waals surface area contributed by atoms with E-state index in [1.165, 1.54) is 55.0 Å². The monoisotopic (exact) mass is 574 g/mol. The second-order valence-corrected chi connectivity index (χ2v) is 9.89. The second kappa shape index (κ2) is 10.6. The van der Waals surface area contributed by atoms with Gasteiger partial charge < -0.3 is 16.0 Å². The Morgan fingerprint density at radius 2 is 1.55 bits per heavy atom. The Morgan fingerprint density at radius 3 is 2.21 bits per heavy atom. The summed E-state index contributed by atoms with van der Waals surface area (Å²) >= 11 is 0. The predicted molar refractivity (Wildman–Crippen MR) is 149 cm³/mol. The van der Waals surface area contributed by atoms with Crippen LogP contribution in [0.25, 0.3) is 22.0 Å². The lowest BCUT2D eigenvalue weighted by molar-refractivity contribution is -0.131. The van der Waals surface area contributed by atoms with Gasteiger partial charge in [0.25, 0.3) is 0 Å². The fourth-order valence-corrected chi connectivity index (χ4v) is 4.59. The van der Waals surface area contributed by atoms with Gasteiger partial charge in [-0.25, -0.2) is 13.5 Å². The molecule has 0 spiro atoms. The molecule has 2 heterocycles. The van der Waals surface area contributed by atoms with Gasteiger partial charge in [-0.15, -0.1) is 0 Å². The zero-order chi connectivity index (χ0) is 29.4. The number of anilines is 4. The molecule has 0 aliphatic heterocycles. The molecule has 12 heteroatoms. The van der Waals surface area contributed by atoms with Gasteiger partial charge in [-0.05, 0) is 73.0 Å². The van der Waals surface area contributed by atoms with Gasteiger partial charge in [0, 0.05) is 40.4 Å². The van der Waals surface area contributed by atoms with Crippen LogP contribution in [0.5, 0.6) is 0 Å². The number of carbonyl (C=O) groups excluding carboxylic acids is 2. The first-order chi connectivity index (χ1) is 20.2. The molecule has 6 rings (SSSR count). The van der Waals surface area contributed by atoms with E-state index in [0.29, 0.717) is 50.9 Å². The van der Waals surface area contributed by atoms with Gasteiger partial charge in [-0.1, -0.05) is 12.1 Å². The Balaban J connectivity index is 1.15. The summed E-state index contributed by atoms with van der Waals surface area (Å²) in [6.07, 6.45) is 4.79. The fraction of sp³-hybridized carbons (Fsp3) is 0.133. The Bertz CT molecular complexity index is 1820. The van der Waals surface area contributed by atoms with Crippen molar-refractivity contribution in [2.24, 2.45) is 5.41 Å². The van der Waals surface area contributed by atoms with E-state index >= 15 is 4.39 Å². The number of pyridine rings is 1. The number of fused-ring (bicyclic) bond motifs is 1. The van der Waals surface area contributed by atoms with Crippen molar-refractivity contribution in [3.8, 4) is 11.1 Å². The first kappa shape index (κ1) is 26.9. The van der Waals surface area contributed by atoms with Crippen LogP contribution in [0.15, 0.2) is 85.3 Å². The normalized spacial score (nSPS) is 13.6. The average molecular weight is 575 g/mol. The van der Waals surface area contributed by atoms with Gasteiger partial charge >= 0.3 is 6.55 Å². The molecule has 1 saturated carbocycles. The lowest BCUT2D eigenvalue weighted by atomic mass is 10.0. The van der Waals surface area contributed by atoms with E-state index in [9.17, 15) is 22.8 Å². The van der Waals surface area contributed by atoms with Crippen LogP contribution in [0.4, 0.5) is 40.3 Å². The van der Waals surface area contributed by atoms with Crippen LogP contribution in [0.2, 0.25) is 0 Å². The summed E-state index contributed by atoms with van der Waals surface area (Å²) in [6.45, 7) is -2.75. The van der Waals surface area contributed by atoms with Crippen molar-refractivity contribution < 1.29 is 27.2 Å². The number of hydrogen-bond acceptors (Lipinski definition) is 5. The average Bonchev–Trinajstić information content (AvgIpc) is 3.65. The zero-order valence-corrected chi connectivity index (χ0v) is 21.7. The van der Waals surface area contributed by atoms with Crippen molar-refractivity contribution in [2.45, 2.75) is 19.4 Å². The number of aromatic nitrogens is 3. The maximum Gasteiger partial charge on any atom is 0.333 e. The number of nitrogens with one attached hydrogen (secondary N) is 3. The quantitative estimate of drug-likeness (QED) is 0.139. The summed E-state index contributed by atoms with van der Waals surface area (Å²) < 4.78 is 54.6. The second-order valence-electron chi connectivity index (χ2n) is 9.89. The van der Waals surface area contributed by atoms with Gasteiger partial charge in [-0.3, -0.25) is 14.6 Å². The first-order valence-corrected chi connectivity index (χ1v) is 12.9. The van der Waals surface area contributed by atoms with Crippen molar-refractivity contribution >= 4 is 45.5 Å². The van der Waals surface area contributed by atoms with Gasteiger partial charge in [-0.2, -0.15) is 13.9 Å². The third-order valence-corrected chi connectivity index (χ3v) is 7.10. The summed E-state index contributed by atoms with van der Waals surface area (Å²) in [5, 5.41) is 12.6. The molecule has 0 bridgehead atoms. The predicted octanol–water partition coefficient (Wildman–Crippen LogP) is 6.87. The smallest absolute Gasteiger partial charge is 0.333 e. The van der Waals surface area contributed by atoms with E-state index in [4.69, 9.17) is 0 Å². The molecule has 2 amide bonds. The minimum atomic E-state index is -2.75. The topological polar surface area (TPSA) is 101 Å². The van der Waals surface area contributed by atoms with Gasteiger partial charge in [0.1, 0.15) is 17.0 Å². The lowest BCUT2D eigenvalue weighted by Gasteiger charge is -2.16. The molecular weight excluding hydrogens is 552 g/mol. The van der Waals surface area contributed by atoms with Gasteiger partial charge in [0.15, 0.2) is 0 Å². The van der Waals surface area contributed by atoms with Crippen molar-refractivity contribution in [1.29, 1.82) is 0 Å². The van der Waals surface area contributed by atoms with Crippen LogP contribution in [0.3, 0.4) is 0 Å². The molecule has 3 N–H and O–H groups in total. The summed E-state index contributed by atoms with van der Waals surface area (Å²) in [6, 6.07) is 16.2. The molecule has 3 aromatic carbocycles. The van der Waals surface area contributed by atoms with Crippen molar-refractivity contribution in [2.75, 3.05) is 16.0 Å². The molecule has 5 aromatic rings. The van der Waals surface area contributed by atoms with Crippen LogP contribution in [-0.4, -0.2) is 26.6 Å². The number of amides is 2. The Hall–Kier alpha value is -5.26. The largest absolute Gasteiger partial charge is 0.353 e. The number of carbonyl (C=O) groups is 2. The Morgan fingerprint density at radius 1 is 0.833 bits per heavy atom. The molecular formula is C30H22F4N6O2. The highest BCUT2D eigenvalue weighted by Gasteiger charge is 2.56. The third-order valence-electron chi connectivity index (χ3n) is 7.10. The fourth-order valence-electron chi connectivity index (χ4n) is 4.59. The molecule has 42 heavy (non-hydrogen) atoms. The Kier molecular flexibility index (Phi) is 6.81. The van der Waals surface area contributed by atoms with Crippen LogP contribution in [0, 0.1) is 17.0 Å². The zero-order valence-electron chi connectivity index (χ0n) is 21.7. The molecule has 2 aromatic heterocycles. The van der Waals surface area contributed by atoms with E-state index in [0.717, 1.165) is 6.07 Å². The summed E-state index contributed by atoms with van der Waals surface area (Å²) in [4.78, 5) is 30.1. The Labute approximate surface area is 236 Å².